The molecule has 2 aromatic carbocycles. The Morgan fingerprint density at radius 3 is 1.95 bits per heavy atom. The SMILES string of the molecule is CCCCCCCCN1C(=O)[C@@H](Cc2ccc(-c3cc(OC)c(OC)c(OC)c3)cc2)N(C)C(=O)[C@@H]1C. The third-order valence-electron chi connectivity index (χ3n) is 7.34. The maximum Gasteiger partial charge on any atom is 0.246 e. The van der Waals surface area contributed by atoms with Crippen molar-refractivity contribution in [2.45, 2.75) is 70.9 Å². The summed E-state index contributed by atoms with van der Waals surface area (Å²) in [5.74, 6) is 1.77. The largest absolute Gasteiger partial charge is 0.493 e. The lowest BCUT2D eigenvalue weighted by molar-refractivity contribution is -0.159. The fraction of sp³-hybridized carbons (Fsp3) is 0.533. The standard InChI is InChI=1S/C30H42N2O5/c1-7-8-9-10-11-12-17-32-21(2)29(33)31(3)25(30(32)34)18-22-13-15-23(16-14-22)24-19-26(35-4)28(37-6)27(20-24)36-5/h13-16,19-21,25H,7-12,17-18H2,1-6H3/t21-,25+/m0/s1. The molecular formula is C30H42N2O5. The maximum atomic E-state index is 13.4. The van der Waals surface area contributed by atoms with Crippen LogP contribution in [0.3, 0.4) is 0 Å². The predicted molar refractivity (Wildman–Crippen MR) is 146 cm³/mol. The van der Waals surface area contributed by atoms with Crippen LogP contribution < -0.4 is 14.2 Å². The molecule has 0 radical (unpaired) electrons. The lowest BCUT2D eigenvalue weighted by Gasteiger charge is -2.42. The third kappa shape index (κ3) is 6.56. The summed E-state index contributed by atoms with van der Waals surface area (Å²) in [7, 11) is 6.52. The average Bonchev–Trinajstić information content (AvgIpc) is 2.92. The minimum Gasteiger partial charge on any atom is -0.493 e. The van der Waals surface area contributed by atoms with Crippen LogP contribution in [0.1, 0.15) is 57.9 Å². The molecule has 2 aromatic rings. The van der Waals surface area contributed by atoms with Gasteiger partial charge in [-0.1, -0.05) is 63.3 Å². The lowest BCUT2D eigenvalue weighted by atomic mass is 9.96. The summed E-state index contributed by atoms with van der Waals surface area (Å²) in [6, 6.07) is 11.0. The van der Waals surface area contributed by atoms with Crippen molar-refractivity contribution < 1.29 is 23.8 Å². The van der Waals surface area contributed by atoms with E-state index < -0.39 is 12.1 Å². The minimum absolute atomic E-state index is 0.00428. The molecule has 0 unspecified atom stereocenters. The summed E-state index contributed by atoms with van der Waals surface area (Å²) in [6.07, 6.45) is 7.39. The summed E-state index contributed by atoms with van der Waals surface area (Å²) in [6.45, 7) is 4.69. The zero-order valence-corrected chi connectivity index (χ0v) is 23.2. The number of carbonyl (C=O) groups excluding carboxylic acids is 2. The molecule has 1 fully saturated rings. The number of unbranched alkanes of at least 4 members (excludes halogenated alkanes) is 5. The number of likely N-dealkylation sites (N-methyl/N-ethyl adjacent to an activating group) is 1. The van der Waals surface area contributed by atoms with Crippen molar-refractivity contribution in [1.29, 1.82) is 0 Å². The fourth-order valence-corrected chi connectivity index (χ4v) is 5.02. The normalized spacial score (nSPS) is 17.8. The zero-order valence-electron chi connectivity index (χ0n) is 23.2. The topological polar surface area (TPSA) is 68.3 Å². The Balaban J connectivity index is 1.72. The van der Waals surface area contributed by atoms with Crippen LogP contribution in [0.5, 0.6) is 17.2 Å². The number of hydrogen-bond donors (Lipinski definition) is 0. The van der Waals surface area contributed by atoms with Gasteiger partial charge in [0, 0.05) is 20.0 Å². The summed E-state index contributed by atoms with van der Waals surface area (Å²) in [5, 5.41) is 0. The van der Waals surface area contributed by atoms with Gasteiger partial charge < -0.3 is 24.0 Å². The third-order valence-corrected chi connectivity index (χ3v) is 7.34. The summed E-state index contributed by atoms with van der Waals surface area (Å²) >= 11 is 0. The van der Waals surface area contributed by atoms with Gasteiger partial charge in [0.1, 0.15) is 12.1 Å². The number of piperazine rings is 1. The highest BCUT2D eigenvalue weighted by Gasteiger charge is 2.41. The number of ether oxygens (including phenoxy) is 3. The smallest absolute Gasteiger partial charge is 0.246 e. The van der Waals surface area contributed by atoms with E-state index >= 15 is 0 Å². The van der Waals surface area contributed by atoms with Crippen molar-refractivity contribution in [2.24, 2.45) is 0 Å². The van der Waals surface area contributed by atoms with E-state index in [1.54, 1.807) is 38.2 Å². The van der Waals surface area contributed by atoms with E-state index in [-0.39, 0.29) is 11.8 Å². The van der Waals surface area contributed by atoms with E-state index in [0.717, 1.165) is 29.5 Å². The zero-order chi connectivity index (χ0) is 26.9. The molecule has 7 nitrogen and oxygen atoms in total. The molecular weight excluding hydrogens is 468 g/mol. The van der Waals surface area contributed by atoms with Crippen molar-refractivity contribution in [3.05, 3.63) is 42.0 Å². The lowest BCUT2D eigenvalue weighted by Crippen LogP contribution is -2.63. The molecule has 0 aliphatic carbocycles. The number of nitrogens with zero attached hydrogens (tertiary/aromatic N) is 2. The molecule has 0 spiro atoms. The molecule has 1 aliphatic heterocycles. The predicted octanol–water partition coefficient (Wildman–Crippen LogP) is 5.34. The molecule has 2 atom stereocenters. The highest BCUT2D eigenvalue weighted by atomic mass is 16.5. The fourth-order valence-electron chi connectivity index (χ4n) is 5.02. The first-order valence-corrected chi connectivity index (χ1v) is 13.3. The Hall–Kier alpha value is -3.22. The number of amides is 2. The Labute approximate surface area is 221 Å². The van der Waals surface area contributed by atoms with Crippen LogP contribution >= 0.6 is 0 Å². The maximum absolute atomic E-state index is 13.4. The summed E-state index contributed by atoms with van der Waals surface area (Å²) < 4.78 is 16.4. The van der Waals surface area contributed by atoms with Crippen molar-refractivity contribution in [3.63, 3.8) is 0 Å². The first-order chi connectivity index (χ1) is 17.9. The van der Waals surface area contributed by atoms with Gasteiger partial charge in [-0.2, -0.15) is 0 Å². The first kappa shape index (κ1) is 28.4. The van der Waals surface area contributed by atoms with E-state index in [1.165, 1.54) is 25.7 Å². The van der Waals surface area contributed by atoms with Crippen LogP contribution in [0.15, 0.2) is 36.4 Å². The van der Waals surface area contributed by atoms with Gasteiger partial charge in [0.25, 0.3) is 0 Å². The number of benzene rings is 2. The van der Waals surface area contributed by atoms with E-state index in [2.05, 4.69) is 6.92 Å². The molecule has 202 valence electrons. The first-order valence-electron chi connectivity index (χ1n) is 13.3. The molecule has 0 saturated carbocycles. The number of carbonyl (C=O) groups is 2. The van der Waals surface area contributed by atoms with Crippen LogP contribution in [0.2, 0.25) is 0 Å². The quantitative estimate of drug-likeness (QED) is 0.340. The second-order valence-corrected chi connectivity index (χ2v) is 9.76. The Morgan fingerprint density at radius 2 is 1.38 bits per heavy atom. The number of hydrogen-bond acceptors (Lipinski definition) is 5. The van der Waals surface area contributed by atoms with Gasteiger partial charge in [-0.3, -0.25) is 9.59 Å². The molecule has 0 bridgehead atoms. The van der Waals surface area contributed by atoms with Crippen molar-refractivity contribution >= 4 is 11.8 Å². The van der Waals surface area contributed by atoms with Gasteiger partial charge in [0.2, 0.25) is 17.6 Å². The Bertz CT molecular complexity index is 1030. The van der Waals surface area contributed by atoms with Gasteiger partial charge in [0.15, 0.2) is 11.5 Å². The summed E-state index contributed by atoms with van der Waals surface area (Å²) in [4.78, 5) is 29.8. The van der Waals surface area contributed by atoms with E-state index in [0.29, 0.717) is 30.2 Å². The molecule has 1 heterocycles. The van der Waals surface area contributed by atoms with E-state index in [9.17, 15) is 9.59 Å². The molecule has 0 aromatic heterocycles. The average molecular weight is 511 g/mol. The van der Waals surface area contributed by atoms with Gasteiger partial charge in [-0.05, 0) is 42.2 Å². The number of methoxy groups -OCH3 is 3. The van der Waals surface area contributed by atoms with Crippen molar-refractivity contribution in [3.8, 4) is 28.4 Å². The number of rotatable bonds is 13. The highest BCUT2D eigenvalue weighted by molar-refractivity contribution is 5.96. The molecule has 7 heteroatoms. The van der Waals surface area contributed by atoms with E-state index in [4.69, 9.17) is 14.2 Å². The van der Waals surface area contributed by atoms with Crippen LogP contribution in [0.4, 0.5) is 0 Å². The van der Waals surface area contributed by atoms with Crippen LogP contribution in [0.25, 0.3) is 11.1 Å². The molecule has 1 saturated heterocycles. The van der Waals surface area contributed by atoms with Gasteiger partial charge in [-0.15, -0.1) is 0 Å². The molecule has 1 aliphatic rings. The van der Waals surface area contributed by atoms with Gasteiger partial charge in [-0.25, -0.2) is 0 Å². The summed E-state index contributed by atoms with van der Waals surface area (Å²) in [5.41, 5.74) is 2.92. The second-order valence-electron chi connectivity index (χ2n) is 9.76. The van der Waals surface area contributed by atoms with Crippen LogP contribution in [0, 0.1) is 0 Å². The van der Waals surface area contributed by atoms with Gasteiger partial charge >= 0.3 is 0 Å². The van der Waals surface area contributed by atoms with Crippen molar-refractivity contribution in [2.75, 3.05) is 34.9 Å². The molecule has 37 heavy (non-hydrogen) atoms. The Morgan fingerprint density at radius 1 is 0.784 bits per heavy atom. The Kier molecular flexibility index (Phi) is 10.2. The van der Waals surface area contributed by atoms with Crippen LogP contribution in [-0.4, -0.2) is 68.6 Å². The molecule has 3 rings (SSSR count). The van der Waals surface area contributed by atoms with E-state index in [1.807, 2.05) is 43.3 Å². The van der Waals surface area contributed by atoms with Gasteiger partial charge in [0.05, 0.1) is 21.3 Å². The van der Waals surface area contributed by atoms with Crippen molar-refractivity contribution in [1.82, 2.24) is 9.80 Å². The highest BCUT2D eigenvalue weighted by Crippen LogP contribution is 2.41. The minimum atomic E-state index is -0.490. The monoisotopic (exact) mass is 510 g/mol. The molecule has 2 amide bonds. The van der Waals surface area contributed by atoms with Crippen LogP contribution in [-0.2, 0) is 16.0 Å². The second kappa shape index (κ2) is 13.4. The molecule has 0 N–H and O–H groups in total.